The van der Waals surface area contributed by atoms with E-state index in [1.54, 1.807) is 0 Å². The summed E-state index contributed by atoms with van der Waals surface area (Å²) in [5.41, 5.74) is 0. The number of carbonyl (C=O) groups is 2. The predicted molar refractivity (Wildman–Crippen MR) is 42.4 cm³/mol. The summed E-state index contributed by atoms with van der Waals surface area (Å²) in [6.45, 7) is 0. The molecule has 0 amide bonds. The molecule has 0 aromatic carbocycles. The maximum Gasteiger partial charge on any atom is 0.236 e. The van der Waals surface area contributed by atoms with Gasteiger partial charge in [0.25, 0.3) is 0 Å². The van der Waals surface area contributed by atoms with E-state index in [0.717, 1.165) is 0 Å². The first-order valence-corrected chi connectivity index (χ1v) is 3.66. The van der Waals surface area contributed by atoms with Crippen molar-refractivity contribution in [3.8, 4) is 0 Å². The van der Waals surface area contributed by atoms with Crippen molar-refractivity contribution < 1.29 is 9.59 Å². The zero-order valence-electron chi connectivity index (χ0n) is 5.38. The highest BCUT2D eigenvalue weighted by atomic mass is 35.5. The lowest BCUT2D eigenvalue weighted by Gasteiger charge is -2.07. The van der Waals surface area contributed by atoms with Crippen LogP contribution >= 0.6 is 23.2 Å². The van der Waals surface area contributed by atoms with Crippen molar-refractivity contribution in [1.29, 1.82) is 0 Å². The molecule has 1 aliphatic carbocycles. The fraction of sp³-hybridized carbons (Fsp3) is 0.143. The van der Waals surface area contributed by atoms with Crippen LogP contribution in [0.3, 0.4) is 0 Å². The topological polar surface area (TPSA) is 34.1 Å². The maximum atomic E-state index is 11.0. The molecule has 0 radical (unpaired) electrons. The van der Waals surface area contributed by atoms with Crippen LogP contribution < -0.4 is 0 Å². The minimum Gasteiger partial charge on any atom is -0.292 e. The average Bonchev–Trinajstić information content (AvgIpc) is 1.94. The maximum absolute atomic E-state index is 11.0. The van der Waals surface area contributed by atoms with E-state index in [2.05, 4.69) is 0 Å². The van der Waals surface area contributed by atoms with Gasteiger partial charge in [0.15, 0.2) is 5.78 Å². The molecule has 1 rings (SSSR count). The van der Waals surface area contributed by atoms with Crippen LogP contribution in [0.2, 0.25) is 0 Å². The van der Waals surface area contributed by atoms with Crippen molar-refractivity contribution in [3.05, 3.63) is 23.3 Å². The second-order valence-electron chi connectivity index (χ2n) is 2.05. The van der Waals surface area contributed by atoms with Crippen LogP contribution in [0.15, 0.2) is 23.3 Å². The standard InChI is InChI=1S/C7H4Cl2O2/c8-5-3-1-2-4(6(5)10)7(9)11/h1-4H. The number of allylic oxidation sites excluding steroid dienone is 4. The van der Waals surface area contributed by atoms with Crippen LogP contribution in [0.4, 0.5) is 0 Å². The molecule has 0 saturated carbocycles. The van der Waals surface area contributed by atoms with Crippen LogP contribution in [-0.4, -0.2) is 11.0 Å². The molecule has 0 fully saturated rings. The molecule has 0 aliphatic heterocycles. The number of rotatable bonds is 1. The third kappa shape index (κ3) is 1.70. The van der Waals surface area contributed by atoms with E-state index < -0.39 is 16.9 Å². The van der Waals surface area contributed by atoms with Gasteiger partial charge in [0, 0.05) is 0 Å². The fourth-order valence-corrected chi connectivity index (χ4v) is 1.11. The van der Waals surface area contributed by atoms with E-state index in [4.69, 9.17) is 23.2 Å². The van der Waals surface area contributed by atoms with Crippen molar-refractivity contribution >= 4 is 34.2 Å². The Morgan fingerprint density at radius 2 is 2.18 bits per heavy atom. The van der Waals surface area contributed by atoms with Gasteiger partial charge in [-0.05, 0) is 17.7 Å². The molecule has 0 bridgehead atoms. The van der Waals surface area contributed by atoms with Crippen molar-refractivity contribution in [2.24, 2.45) is 5.92 Å². The van der Waals surface area contributed by atoms with E-state index in [0.29, 0.717) is 0 Å². The largest absolute Gasteiger partial charge is 0.292 e. The summed E-state index contributed by atoms with van der Waals surface area (Å²) < 4.78 is 0. The highest BCUT2D eigenvalue weighted by Gasteiger charge is 2.25. The number of hydrogen-bond acceptors (Lipinski definition) is 2. The first-order valence-electron chi connectivity index (χ1n) is 2.90. The Balaban J connectivity index is 2.90. The van der Waals surface area contributed by atoms with Gasteiger partial charge in [-0.3, -0.25) is 9.59 Å². The van der Waals surface area contributed by atoms with Crippen LogP contribution in [-0.2, 0) is 9.59 Å². The molecule has 1 aliphatic rings. The summed E-state index contributed by atoms with van der Waals surface area (Å²) in [5.74, 6) is -1.33. The molecule has 0 aromatic rings. The van der Waals surface area contributed by atoms with Gasteiger partial charge >= 0.3 is 0 Å². The molecular weight excluding hydrogens is 187 g/mol. The summed E-state index contributed by atoms with van der Waals surface area (Å²) in [7, 11) is 0. The van der Waals surface area contributed by atoms with Crippen molar-refractivity contribution in [1.82, 2.24) is 0 Å². The average molecular weight is 191 g/mol. The van der Waals surface area contributed by atoms with Crippen LogP contribution in [0, 0.1) is 5.92 Å². The Hall–Kier alpha value is -0.600. The first kappa shape index (κ1) is 8.50. The van der Waals surface area contributed by atoms with Gasteiger partial charge in [-0.25, -0.2) is 0 Å². The van der Waals surface area contributed by atoms with Crippen molar-refractivity contribution in [2.45, 2.75) is 0 Å². The molecule has 11 heavy (non-hydrogen) atoms. The fourth-order valence-electron chi connectivity index (χ4n) is 0.748. The minimum absolute atomic E-state index is 0.0477. The van der Waals surface area contributed by atoms with Gasteiger partial charge in [0.2, 0.25) is 5.24 Å². The number of ketones is 1. The number of Topliss-reactive ketones (excluding diaryl/α,β-unsaturated/α-hetero) is 1. The SMILES string of the molecule is O=C(Cl)C1C=CC=C(Cl)C1=O. The predicted octanol–water partition coefficient (Wildman–Crippen LogP) is 1.63. The van der Waals surface area contributed by atoms with Crippen LogP contribution in [0.25, 0.3) is 0 Å². The molecule has 0 N–H and O–H groups in total. The minimum atomic E-state index is -0.894. The summed E-state index contributed by atoms with van der Waals surface area (Å²) in [4.78, 5) is 21.6. The normalized spacial score (nSPS) is 23.3. The Labute approximate surface area is 73.5 Å². The van der Waals surface area contributed by atoms with Gasteiger partial charge in [-0.1, -0.05) is 23.8 Å². The Kier molecular flexibility index (Phi) is 2.47. The second-order valence-corrected chi connectivity index (χ2v) is 2.83. The molecule has 2 nitrogen and oxygen atoms in total. The summed E-state index contributed by atoms with van der Waals surface area (Å²) in [6, 6.07) is 0. The zero-order valence-corrected chi connectivity index (χ0v) is 6.89. The van der Waals surface area contributed by atoms with Gasteiger partial charge in [0.05, 0.1) is 5.03 Å². The van der Waals surface area contributed by atoms with E-state index in [1.807, 2.05) is 0 Å². The highest BCUT2D eigenvalue weighted by Crippen LogP contribution is 2.19. The summed E-state index contributed by atoms with van der Waals surface area (Å²) in [6.07, 6.45) is 4.39. The van der Waals surface area contributed by atoms with Crippen molar-refractivity contribution in [3.63, 3.8) is 0 Å². The first-order chi connectivity index (χ1) is 5.13. The number of carbonyl (C=O) groups excluding carboxylic acids is 2. The molecule has 1 atom stereocenters. The third-order valence-corrected chi connectivity index (χ3v) is 1.86. The number of hydrogen-bond donors (Lipinski definition) is 0. The highest BCUT2D eigenvalue weighted by molar-refractivity contribution is 6.67. The molecule has 58 valence electrons. The smallest absolute Gasteiger partial charge is 0.236 e. The molecule has 0 heterocycles. The summed E-state index contributed by atoms with van der Waals surface area (Å²) in [5, 5.41) is -0.649. The quantitative estimate of drug-likeness (QED) is 0.466. The second kappa shape index (κ2) is 3.20. The van der Waals surface area contributed by atoms with E-state index in [1.165, 1.54) is 18.2 Å². The third-order valence-electron chi connectivity index (χ3n) is 1.31. The zero-order chi connectivity index (χ0) is 8.43. The van der Waals surface area contributed by atoms with Gasteiger partial charge < -0.3 is 0 Å². The lowest BCUT2D eigenvalue weighted by molar-refractivity contribution is -0.124. The molecule has 0 spiro atoms. The van der Waals surface area contributed by atoms with Gasteiger partial charge in [-0.2, -0.15) is 0 Å². The molecule has 0 aromatic heterocycles. The summed E-state index contributed by atoms with van der Waals surface area (Å²) >= 11 is 10.6. The van der Waals surface area contributed by atoms with E-state index in [9.17, 15) is 9.59 Å². The Bertz CT molecular complexity index is 266. The lowest BCUT2D eigenvalue weighted by Crippen LogP contribution is -2.20. The van der Waals surface area contributed by atoms with Gasteiger partial charge in [-0.15, -0.1) is 0 Å². The Morgan fingerprint density at radius 3 is 2.64 bits per heavy atom. The van der Waals surface area contributed by atoms with Crippen LogP contribution in [0.5, 0.6) is 0 Å². The number of halogens is 2. The van der Waals surface area contributed by atoms with E-state index in [-0.39, 0.29) is 5.03 Å². The monoisotopic (exact) mass is 190 g/mol. The van der Waals surface area contributed by atoms with Crippen LogP contribution in [0.1, 0.15) is 0 Å². The van der Waals surface area contributed by atoms with Gasteiger partial charge in [0.1, 0.15) is 5.92 Å². The molecular formula is C7H4Cl2O2. The Morgan fingerprint density at radius 1 is 1.55 bits per heavy atom. The molecule has 4 heteroatoms. The van der Waals surface area contributed by atoms with Crippen molar-refractivity contribution in [2.75, 3.05) is 0 Å². The molecule has 1 unspecified atom stereocenters. The lowest BCUT2D eigenvalue weighted by atomic mass is 10.0. The molecule has 0 saturated heterocycles. The van der Waals surface area contributed by atoms with E-state index >= 15 is 0 Å².